The maximum Gasteiger partial charge on any atom is 0.410 e. The van der Waals surface area contributed by atoms with Crippen molar-refractivity contribution in [2.75, 3.05) is 33.9 Å². The monoisotopic (exact) mass is 260 g/mol. The van der Waals surface area contributed by atoms with Crippen molar-refractivity contribution in [3.05, 3.63) is 0 Å². The molecule has 0 saturated carbocycles. The number of methoxy groups -OCH3 is 2. The summed E-state index contributed by atoms with van der Waals surface area (Å²) in [5, 5.41) is 3.27. The summed E-state index contributed by atoms with van der Waals surface area (Å²) in [4.78, 5) is 13.3. The van der Waals surface area contributed by atoms with Crippen LogP contribution >= 0.6 is 0 Å². The van der Waals surface area contributed by atoms with Crippen LogP contribution in [-0.2, 0) is 14.2 Å². The van der Waals surface area contributed by atoms with Crippen LogP contribution in [0.3, 0.4) is 0 Å². The van der Waals surface area contributed by atoms with Crippen molar-refractivity contribution < 1.29 is 19.0 Å². The Kier molecular flexibility index (Phi) is 5.37. The summed E-state index contributed by atoms with van der Waals surface area (Å²) in [7, 11) is 3.20. The van der Waals surface area contributed by atoms with Crippen molar-refractivity contribution in [1.29, 1.82) is 0 Å². The van der Waals surface area contributed by atoms with Crippen LogP contribution in [0.2, 0.25) is 0 Å². The Morgan fingerprint density at radius 3 is 2.33 bits per heavy atom. The predicted octanol–water partition coefficient (Wildman–Crippen LogP) is 0.814. The fourth-order valence-corrected chi connectivity index (χ4v) is 1.61. The van der Waals surface area contributed by atoms with Crippen LogP contribution in [0.1, 0.15) is 20.8 Å². The van der Waals surface area contributed by atoms with E-state index < -0.39 is 5.60 Å². The molecule has 0 unspecified atom stereocenters. The second-order valence-corrected chi connectivity index (χ2v) is 5.39. The van der Waals surface area contributed by atoms with Gasteiger partial charge in [-0.15, -0.1) is 0 Å². The van der Waals surface area contributed by atoms with Gasteiger partial charge in [0.2, 0.25) is 0 Å². The minimum Gasteiger partial charge on any atom is -0.444 e. The Morgan fingerprint density at radius 1 is 1.33 bits per heavy atom. The molecule has 0 aliphatic carbocycles. The third kappa shape index (κ3) is 4.80. The van der Waals surface area contributed by atoms with Gasteiger partial charge >= 0.3 is 6.09 Å². The predicted molar refractivity (Wildman–Crippen MR) is 67.4 cm³/mol. The van der Waals surface area contributed by atoms with Crippen molar-refractivity contribution in [3.8, 4) is 0 Å². The van der Waals surface area contributed by atoms with E-state index >= 15 is 0 Å². The number of rotatable bonds is 5. The first-order valence-electron chi connectivity index (χ1n) is 6.12. The molecule has 18 heavy (non-hydrogen) atoms. The van der Waals surface area contributed by atoms with Crippen molar-refractivity contribution in [2.45, 2.75) is 38.7 Å². The summed E-state index contributed by atoms with van der Waals surface area (Å²) in [6.45, 7) is 7.52. The lowest BCUT2D eigenvalue weighted by Gasteiger charge is -2.40. The smallest absolute Gasteiger partial charge is 0.410 e. The highest BCUT2D eigenvalue weighted by molar-refractivity contribution is 5.69. The van der Waals surface area contributed by atoms with E-state index in [-0.39, 0.29) is 18.4 Å². The lowest BCUT2D eigenvalue weighted by molar-refractivity contribution is -0.102. The Bertz CT molecular complexity index is 268. The lowest BCUT2D eigenvalue weighted by Crippen LogP contribution is -2.61. The van der Waals surface area contributed by atoms with Crippen LogP contribution in [-0.4, -0.2) is 62.8 Å². The largest absolute Gasteiger partial charge is 0.444 e. The summed E-state index contributed by atoms with van der Waals surface area (Å²) in [5.74, 6) is 0. The molecule has 0 bridgehead atoms. The van der Waals surface area contributed by atoms with E-state index in [1.807, 2.05) is 20.8 Å². The standard InChI is InChI=1S/C12H24N2O4/c1-12(2,3)18-11(15)14-7-9(8-14)13-6-10(16-4)17-5/h9-10,13H,6-8H2,1-5H3. The number of nitrogens with zero attached hydrogens (tertiary/aromatic N) is 1. The molecule has 6 nitrogen and oxygen atoms in total. The Hall–Kier alpha value is -0.850. The van der Waals surface area contributed by atoms with Crippen LogP contribution in [0, 0.1) is 0 Å². The van der Waals surface area contributed by atoms with Gasteiger partial charge in [0.05, 0.1) is 0 Å². The molecule has 1 fully saturated rings. The van der Waals surface area contributed by atoms with E-state index in [0.717, 1.165) is 0 Å². The molecule has 1 heterocycles. The van der Waals surface area contributed by atoms with E-state index in [4.69, 9.17) is 14.2 Å². The Balaban J connectivity index is 2.18. The van der Waals surface area contributed by atoms with Crippen LogP contribution in [0.4, 0.5) is 4.79 Å². The van der Waals surface area contributed by atoms with Crippen LogP contribution in [0.25, 0.3) is 0 Å². The number of hydrogen-bond acceptors (Lipinski definition) is 5. The number of amides is 1. The minimum atomic E-state index is -0.438. The molecular formula is C12H24N2O4. The average molecular weight is 260 g/mol. The van der Waals surface area contributed by atoms with Gasteiger partial charge < -0.3 is 24.4 Å². The minimum absolute atomic E-state index is 0.249. The molecule has 0 spiro atoms. The van der Waals surface area contributed by atoms with Crippen molar-refractivity contribution >= 4 is 6.09 Å². The Morgan fingerprint density at radius 2 is 1.89 bits per heavy atom. The molecule has 1 amide bonds. The zero-order valence-electron chi connectivity index (χ0n) is 11.9. The molecule has 6 heteroatoms. The van der Waals surface area contributed by atoms with E-state index in [1.165, 1.54) is 0 Å². The molecule has 0 radical (unpaired) electrons. The van der Waals surface area contributed by atoms with E-state index in [1.54, 1.807) is 19.1 Å². The van der Waals surface area contributed by atoms with Gasteiger partial charge in [0.15, 0.2) is 6.29 Å². The first-order valence-corrected chi connectivity index (χ1v) is 6.12. The van der Waals surface area contributed by atoms with E-state index in [9.17, 15) is 4.79 Å². The molecule has 0 aromatic heterocycles. The fourth-order valence-electron chi connectivity index (χ4n) is 1.61. The highest BCUT2D eigenvalue weighted by atomic mass is 16.7. The van der Waals surface area contributed by atoms with Gasteiger partial charge in [-0.3, -0.25) is 0 Å². The first kappa shape index (κ1) is 15.2. The summed E-state index contributed by atoms with van der Waals surface area (Å²) in [6.07, 6.45) is -0.504. The van der Waals surface area contributed by atoms with Gasteiger partial charge in [-0.2, -0.15) is 0 Å². The van der Waals surface area contributed by atoms with Gasteiger partial charge in [-0.25, -0.2) is 4.79 Å². The summed E-state index contributed by atoms with van der Waals surface area (Å²) in [5.41, 5.74) is -0.438. The lowest BCUT2D eigenvalue weighted by atomic mass is 10.1. The van der Waals surface area contributed by atoms with E-state index in [0.29, 0.717) is 19.6 Å². The summed E-state index contributed by atoms with van der Waals surface area (Å²) in [6, 6.07) is 0.283. The van der Waals surface area contributed by atoms with Crippen molar-refractivity contribution in [1.82, 2.24) is 10.2 Å². The number of ether oxygens (including phenoxy) is 3. The van der Waals surface area contributed by atoms with Crippen molar-refractivity contribution in [3.63, 3.8) is 0 Å². The number of nitrogens with one attached hydrogen (secondary N) is 1. The summed E-state index contributed by atoms with van der Waals surface area (Å²) < 4.78 is 15.4. The van der Waals surface area contributed by atoms with Crippen LogP contribution in [0.5, 0.6) is 0 Å². The third-order valence-corrected chi connectivity index (χ3v) is 2.63. The van der Waals surface area contributed by atoms with Gasteiger partial charge in [-0.1, -0.05) is 0 Å². The Labute approximate surface area is 109 Å². The van der Waals surface area contributed by atoms with Crippen LogP contribution < -0.4 is 5.32 Å². The van der Waals surface area contributed by atoms with Gasteiger partial charge in [0, 0.05) is 39.9 Å². The van der Waals surface area contributed by atoms with E-state index in [2.05, 4.69) is 5.32 Å². The quantitative estimate of drug-likeness (QED) is 0.741. The number of hydrogen-bond donors (Lipinski definition) is 1. The maximum absolute atomic E-state index is 11.7. The fraction of sp³-hybridized carbons (Fsp3) is 0.917. The highest BCUT2D eigenvalue weighted by Crippen LogP contribution is 2.15. The van der Waals surface area contributed by atoms with Gasteiger partial charge in [-0.05, 0) is 20.8 Å². The van der Waals surface area contributed by atoms with Crippen molar-refractivity contribution in [2.24, 2.45) is 0 Å². The highest BCUT2D eigenvalue weighted by Gasteiger charge is 2.33. The van der Waals surface area contributed by atoms with Crippen LogP contribution in [0.15, 0.2) is 0 Å². The molecule has 1 aliphatic heterocycles. The maximum atomic E-state index is 11.7. The molecule has 0 aromatic carbocycles. The molecule has 1 N–H and O–H groups in total. The SMILES string of the molecule is COC(CNC1CN(C(=O)OC(C)(C)C)C1)OC. The topological polar surface area (TPSA) is 60.0 Å². The zero-order chi connectivity index (χ0) is 13.8. The normalized spacial score (nSPS) is 16.9. The number of likely N-dealkylation sites (tertiary alicyclic amines) is 1. The van der Waals surface area contributed by atoms with Gasteiger partial charge in [0.25, 0.3) is 0 Å². The summed E-state index contributed by atoms with van der Waals surface area (Å²) >= 11 is 0. The molecule has 0 aromatic rings. The molecular weight excluding hydrogens is 236 g/mol. The first-order chi connectivity index (χ1) is 8.35. The molecule has 1 rings (SSSR count). The number of carbonyl (C=O) groups is 1. The molecule has 1 saturated heterocycles. The van der Waals surface area contributed by atoms with Gasteiger partial charge in [0.1, 0.15) is 5.60 Å². The molecule has 1 aliphatic rings. The second-order valence-electron chi connectivity index (χ2n) is 5.39. The third-order valence-electron chi connectivity index (χ3n) is 2.63. The number of carbonyl (C=O) groups excluding carboxylic acids is 1. The molecule has 0 atom stereocenters. The second kappa shape index (κ2) is 6.36. The molecule has 106 valence electrons. The average Bonchev–Trinajstić information content (AvgIpc) is 2.18. The zero-order valence-corrected chi connectivity index (χ0v) is 11.9.